The van der Waals surface area contributed by atoms with Crippen LogP contribution in [0.25, 0.3) is 0 Å². The number of likely N-dealkylation sites (tertiary alicyclic amines) is 1. The molecular weight excluding hydrogens is 373 g/mol. The molecule has 0 spiro atoms. The summed E-state index contributed by atoms with van der Waals surface area (Å²) in [4.78, 5) is 19.0. The van der Waals surface area contributed by atoms with Crippen LogP contribution in [0.4, 0.5) is 0 Å². The number of carbonyl (C=O) groups excluding carboxylic acids is 1. The lowest BCUT2D eigenvalue weighted by atomic mass is 10.1. The van der Waals surface area contributed by atoms with E-state index in [2.05, 4.69) is 9.80 Å². The van der Waals surface area contributed by atoms with E-state index in [9.17, 15) is 4.79 Å². The lowest BCUT2D eigenvalue weighted by Gasteiger charge is -2.36. The van der Waals surface area contributed by atoms with Crippen molar-refractivity contribution < 1.29 is 9.53 Å². The number of carbonyl (C=O) groups is 1. The Bertz CT molecular complexity index is 580. The lowest BCUT2D eigenvalue weighted by molar-refractivity contribution is -0.133. The minimum Gasteiger partial charge on any atom is -0.489 e. The predicted octanol–water partition coefficient (Wildman–Crippen LogP) is 3.00. The molecule has 2 heterocycles. The second kappa shape index (κ2) is 9.79. The van der Waals surface area contributed by atoms with Gasteiger partial charge in [-0.05, 0) is 31.4 Å². The molecule has 0 bridgehead atoms. The van der Waals surface area contributed by atoms with Gasteiger partial charge in [-0.3, -0.25) is 14.6 Å². The fraction of sp³-hybridized carbons (Fsp3) is 0.632. The minimum absolute atomic E-state index is 0.287. The largest absolute Gasteiger partial charge is 0.489 e. The standard InChI is InChI=1S/C19H27Cl2N3O2/c20-16-5-4-6-17(21)19(16)26-14-13-22-9-11-23(12-10-22)15-18(25)24-7-2-1-3-8-24/h4-6H,1-3,7-15H2. The smallest absolute Gasteiger partial charge is 0.236 e. The van der Waals surface area contributed by atoms with Gasteiger partial charge >= 0.3 is 0 Å². The Morgan fingerprint density at radius 1 is 0.923 bits per heavy atom. The molecule has 2 aliphatic rings. The molecule has 144 valence electrons. The zero-order valence-corrected chi connectivity index (χ0v) is 16.6. The number of benzene rings is 1. The monoisotopic (exact) mass is 399 g/mol. The zero-order valence-electron chi connectivity index (χ0n) is 15.1. The normalized spacial score (nSPS) is 19.5. The van der Waals surface area contributed by atoms with E-state index >= 15 is 0 Å². The van der Waals surface area contributed by atoms with Crippen LogP contribution in [0.5, 0.6) is 5.75 Å². The second-order valence-corrected chi connectivity index (χ2v) is 7.77. The number of rotatable bonds is 6. The summed E-state index contributed by atoms with van der Waals surface area (Å²) in [7, 11) is 0. The molecule has 2 fully saturated rings. The maximum atomic E-state index is 12.4. The number of piperazine rings is 1. The molecule has 0 N–H and O–H groups in total. The van der Waals surface area contributed by atoms with Crippen molar-refractivity contribution in [2.24, 2.45) is 0 Å². The van der Waals surface area contributed by atoms with Crippen molar-refractivity contribution in [1.82, 2.24) is 14.7 Å². The highest BCUT2D eigenvalue weighted by molar-refractivity contribution is 6.37. The van der Waals surface area contributed by atoms with Gasteiger partial charge in [-0.1, -0.05) is 29.3 Å². The van der Waals surface area contributed by atoms with Crippen molar-refractivity contribution in [3.05, 3.63) is 28.2 Å². The fourth-order valence-corrected chi connectivity index (χ4v) is 4.01. The Morgan fingerprint density at radius 3 is 2.19 bits per heavy atom. The SMILES string of the molecule is O=C(CN1CCN(CCOc2c(Cl)cccc2Cl)CC1)N1CCCCC1. The number of amides is 1. The molecule has 2 saturated heterocycles. The van der Waals surface area contributed by atoms with Gasteiger partial charge in [0.05, 0.1) is 16.6 Å². The molecule has 0 radical (unpaired) electrons. The van der Waals surface area contributed by atoms with E-state index in [-0.39, 0.29) is 5.91 Å². The lowest BCUT2D eigenvalue weighted by Crippen LogP contribution is -2.51. The number of hydrogen-bond acceptors (Lipinski definition) is 4. The van der Waals surface area contributed by atoms with Gasteiger partial charge in [0.25, 0.3) is 0 Å². The van der Waals surface area contributed by atoms with Gasteiger partial charge in [0.2, 0.25) is 5.91 Å². The Kier molecular flexibility index (Phi) is 7.43. The third kappa shape index (κ3) is 5.49. The average molecular weight is 400 g/mol. The number of halogens is 2. The van der Waals surface area contributed by atoms with E-state index in [1.54, 1.807) is 12.1 Å². The van der Waals surface area contributed by atoms with E-state index in [1.165, 1.54) is 6.42 Å². The number of nitrogens with zero attached hydrogens (tertiary/aromatic N) is 3. The second-order valence-electron chi connectivity index (χ2n) is 6.96. The molecule has 2 aliphatic heterocycles. The fourth-order valence-electron chi connectivity index (χ4n) is 3.50. The van der Waals surface area contributed by atoms with E-state index in [0.717, 1.165) is 58.7 Å². The number of para-hydroxylation sites is 1. The van der Waals surface area contributed by atoms with Crippen LogP contribution in [0.1, 0.15) is 19.3 Å². The van der Waals surface area contributed by atoms with Crippen LogP contribution in [0.2, 0.25) is 10.0 Å². The summed E-state index contributed by atoms with van der Waals surface area (Å²) in [6.45, 7) is 7.55. The summed E-state index contributed by atoms with van der Waals surface area (Å²) in [5, 5.41) is 1.08. The van der Waals surface area contributed by atoms with E-state index in [0.29, 0.717) is 28.9 Å². The molecule has 3 rings (SSSR count). The highest BCUT2D eigenvalue weighted by atomic mass is 35.5. The van der Waals surface area contributed by atoms with Crippen LogP contribution in [0.3, 0.4) is 0 Å². The third-order valence-electron chi connectivity index (χ3n) is 5.11. The van der Waals surface area contributed by atoms with Gasteiger partial charge in [0.1, 0.15) is 6.61 Å². The molecular formula is C19H27Cl2N3O2. The number of hydrogen-bond donors (Lipinski definition) is 0. The molecule has 5 nitrogen and oxygen atoms in total. The molecule has 0 aromatic heterocycles. The molecule has 0 aliphatic carbocycles. The highest BCUT2D eigenvalue weighted by Gasteiger charge is 2.22. The van der Waals surface area contributed by atoms with Gasteiger partial charge in [-0.15, -0.1) is 0 Å². The first-order valence-corrected chi connectivity index (χ1v) is 10.2. The Morgan fingerprint density at radius 2 is 1.54 bits per heavy atom. The maximum Gasteiger partial charge on any atom is 0.236 e. The molecule has 0 unspecified atom stereocenters. The van der Waals surface area contributed by atoms with Gasteiger partial charge in [0.15, 0.2) is 5.75 Å². The third-order valence-corrected chi connectivity index (χ3v) is 5.70. The van der Waals surface area contributed by atoms with E-state index in [4.69, 9.17) is 27.9 Å². The number of piperidine rings is 1. The van der Waals surface area contributed by atoms with Crippen molar-refractivity contribution >= 4 is 29.1 Å². The van der Waals surface area contributed by atoms with Crippen molar-refractivity contribution in [3.63, 3.8) is 0 Å². The molecule has 0 saturated carbocycles. The Hall–Kier alpha value is -1.01. The molecule has 1 amide bonds. The van der Waals surface area contributed by atoms with Gasteiger partial charge in [-0.25, -0.2) is 0 Å². The van der Waals surface area contributed by atoms with Crippen LogP contribution in [0, 0.1) is 0 Å². The van der Waals surface area contributed by atoms with Crippen LogP contribution < -0.4 is 4.74 Å². The van der Waals surface area contributed by atoms with Gasteiger partial charge in [0, 0.05) is 45.8 Å². The highest BCUT2D eigenvalue weighted by Crippen LogP contribution is 2.32. The first-order chi connectivity index (χ1) is 12.6. The maximum absolute atomic E-state index is 12.4. The Labute approximate surface area is 165 Å². The summed E-state index contributed by atoms with van der Waals surface area (Å²) in [5.41, 5.74) is 0. The van der Waals surface area contributed by atoms with Gasteiger partial charge < -0.3 is 9.64 Å². The van der Waals surface area contributed by atoms with Crippen molar-refractivity contribution in [3.8, 4) is 5.75 Å². The van der Waals surface area contributed by atoms with Crippen LogP contribution in [-0.4, -0.2) is 79.6 Å². The Balaban J connectivity index is 1.35. The number of ether oxygens (including phenoxy) is 1. The van der Waals surface area contributed by atoms with Crippen LogP contribution >= 0.6 is 23.2 Å². The van der Waals surface area contributed by atoms with Crippen molar-refractivity contribution in [2.75, 3.05) is 59.0 Å². The topological polar surface area (TPSA) is 36.0 Å². The zero-order chi connectivity index (χ0) is 18.4. The first kappa shape index (κ1) is 19.7. The van der Waals surface area contributed by atoms with Crippen molar-refractivity contribution in [2.45, 2.75) is 19.3 Å². The summed E-state index contributed by atoms with van der Waals surface area (Å²) < 4.78 is 5.76. The predicted molar refractivity (Wildman–Crippen MR) is 105 cm³/mol. The first-order valence-electron chi connectivity index (χ1n) is 9.43. The quantitative estimate of drug-likeness (QED) is 0.736. The molecule has 7 heteroatoms. The van der Waals surface area contributed by atoms with Crippen molar-refractivity contribution in [1.29, 1.82) is 0 Å². The summed E-state index contributed by atoms with van der Waals surface area (Å²) >= 11 is 12.2. The summed E-state index contributed by atoms with van der Waals surface area (Å²) in [6.07, 6.45) is 3.55. The van der Waals surface area contributed by atoms with Crippen LogP contribution in [0.15, 0.2) is 18.2 Å². The summed E-state index contributed by atoms with van der Waals surface area (Å²) in [6, 6.07) is 5.36. The van der Waals surface area contributed by atoms with E-state index in [1.807, 2.05) is 11.0 Å². The molecule has 0 atom stereocenters. The molecule has 26 heavy (non-hydrogen) atoms. The summed E-state index contributed by atoms with van der Waals surface area (Å²) in [5.74, 6) is 0.844. The molecule has 1 aromatic rings. The average Bonchev–Trinajstić information content (AvgIpc) is 2.66. The van der Waals surface area contributed by atoms with Gasteiger partial charge in [-0.2, -0.15) is 0 Å². The van der Waals surface area contributed by atoms with E-state index < -0.39 is 0 Å². The minimum atomic E-state index is 0.287. The van der Waals surface area contributed by atoms with Crippen LogP contribution in [-0.2, 0) is 4.79 Å². The molecule has 1 aromatic carbocycles.